The number of carbonyl (C=O) groups is 1. The van der Waals surface area contributed by atoms with Crippen LogP contribution in [0.15, 0.2) is 29.2 Å². The molecule has 0 unspecified atom stereocenters. The highest BCUT2D eigenvalue weighted by atomic mass is 35.5. The van der Waals surface area contributed by atoms with Gasteiger partial charge in [-0.25, -0.2) is 8.42 Å². The van der Waals surface area contributed by atoms with E-state index >= 15 is 0 Å². The molecule has 0 aliphatic carbocycles. The van der Waals surface area contributed by atoms with E-state index in [1.54, 1.807) is 17.0 Å². The molecule has 1 aliphatic rings. The summed E-state index contributed by atoms with van der Waals surface area (Å²) in [5.41, 5.74) is -0.0659. The third kappa shape index (κ3) is 4.68. The van der Waals surface area contributed by atoms with Gasteiger partial charge in [0.25, 0.3) is 0 Å². The fraction of sp³-hybridized carbons (Fsp3) is 0.562. The molecule has 7 heteroatoms. The standard InChI is InChI=1S/C16H23ClN2O3S/c1-16(2,3)12-15(20)18-8-10-19(11-9-18)23(21,22)14-6-4-13(17)5-7-14/h4-7H,8-12H2,1-3H3. The van der Waals surface area contributed by atoms with Gasteiger partial charge in [-0.2, -0.15) is 4.31 Å². The molecule has 1 saturated heterocycles. The van der Waals surface area contributed by atoms with E-state index in [1.165, 1.54) is 16.4 Å². The Bertz CT molecular complexity index is 658. The third-order valence-corrected chi connectivity index (χ3v) is 5.89. The summed E-state index contributed by atoms with van der Waals surface area (Å²) in [5.74, 6) is 0.0843. The second-order valence-corrected chi connectivity index (χ2v) is 9.35. The van der Waals surface area contributed by atoms with E-state index in [-0.39, 0.29) is 16.2 Å². The van der Waals surface area contributed by atoms with Crippen molar-refractivity contribution < 1.29 is 13.2 Å². The largest absolute Gasteiger partial charge is 0.340 e. The number of benzene rings is 1. The lowest BCUT2D eigenvalue weighted by Gasteiger charge is -2.35. The molecule has 0 radical (unpaired) electrons. The molecule has 1 aromatic rings. The van der Waals surface area contributed by atoms with Crippen molar-refractivity contribution in [3.05, 3.63) is 29.3 Å². The van der Waals surface area contributed by atoms with Gasteiger partial charge in [0.05, 0.1) is 4.90 Å². The fourth-order valence-electron chi connectivity index (χ4n) is 2.50. The van der Waals surface area contributed by atoms with E-state index < -0.39 is 10.0 Å². The van der Waals surface area contributed by atoms with Crippen LogP contribution in [0.2, 0.25) is 5.02 Å². The lowest BCUT2D eigenvalue weighted by Crippen LogP contribution is -2.50. The summed E-state index contributed by atoms with van der Waals surface area (Å²) in [6.45, 7) is 7.57. The van der Waals surface area contributed by atoms with E-state index in [9.17, 15) is 13.2 Å². The molecule has 0 bridgehead atoms. The molecule has 0 atom stereocenters. The van der Waals surface area contributed by atoms with Crippen LogP contribution in [0.5, 0.6) is 0 Å². The Morgan fingerprint density at radius 1 is 1.09 bits per heavy atom. The van der Waals surface area contributed by atoms with Gasteiger partial charge in [0.1, 0.15) is 0 Å². The minimum absolute atomic E-state index is 0.0659. The number of nitrogens with zero attached hydrogens (tertiary/aromatic N) is 2. The number of amides is 1. The normalized spacial score (nSPS) is 17.3. The maximum absolute atomic E-state index is 12.6. The second kappa shape index (κ2) is 6.79. The van der Waals surface area contributed by atoms with Crippen molar-refractivity contribution in [2.45, 2.75) is 32.1 Å². The topological polar surface area (TPSA) is 57.7 Å². The van der Waals surface area contributed by atoms with Crippen LogP contribution in [0.4, 0.5) is 0 Å². The summed E-state index contributed by atoms with van der Waals surface area (Å²) in [5, 5.41) is 0.501. The summed E-state index contributed by atoms with van der Waals surface area (Å²) in [4.78, 5) is 14.2. The predicted molar refractivity (Wildman–Crippen MR) is 90.9 cm³/mol. The second-order valence-electron chi connectivity index (χ2n) is 6.98. The van der Waals surface area contributed by atoms with Crippen molar-refractivity contribution in [1.82, 2.24) is 9.21 Å². The Labute approximate surface area is 143 Å². The zero-order valence-electron chi connectivity index (χ0n) is 13.8. The number of hydrogen-bond donors (Lipinski definition) is 0. The molecule has 0 N–H and O–H groups in total. The Morgan fingerprint density at radius 2 is 1.61 bits per heavy atom. The molecule has 1 aliphatic heterocycles. The lowest BCUT2D eigenvalue weighted by molar-refractivity contribution is -0.134. The molecular formula is C16H23ClN2O3S. The summed E-state index contributed by atoms with van der Waals surface area (Å²) >= 11 is 5.80. The van der Waals surface area contributed by atoms with E-state index in [2.05, 4.69) is 0 Å². The number of sulfonamides is 1. The first-order valence-electron chi connectivity index (χ1n) is 7.63. The highest BCUT2D eigenvalue weighted by molar-refractivity contribution is 7.89. The van der Waals surface area contributed by atoms with Crippen LogP contribution in [0.1, 0.15) is 27.2 Å². The molecule has 5 nitrogen and oxygen atoms in total. The molecule has 2 rings (SSSR count). The zero-order valence-corrected chi connectivity index (χ0v) is 15.3. The van der Waals surface area contributed by atoms with E-state index in [0.717, 1.165) is 0 Å². The highest BCUT2D eigenvalue weighted by Crippen LogP contribution is 2.22. The van der Waals surface area contributed by atoms with Crippen molar-refractivity contribution >= 4 is 27.5 Å². The number of carbonyl (C=O) groups excluding carboxylic acids is 1. The molecule has 1 heterocycles. The number of piperazine rings is 1. The van der Waals surface area contributed by atoms with Crippen LogP contribution in [0.3, 0.4) is 0 Å². The molecule has 0 spiro atoms. The fourth-order valence-corrected chi connectivity index (χ4v) is 4.05. The van der Waals surface area contributed by atoms with Crippen molar-refractivity contribution in [2.24, 2.45) is 5.41 Å². The zero-order chi connectivity index (χ0) is 17.3. The Kier molecular flexibility index (Phi) is 5.38. The van der Waals surface area contributed by atoms with Crippen LogP contribution >= 0.6 is 11.6 Å². The van der Waals surface area contributed by atoms with Gasteiger partial charge < -0.3 is 4.90 Å². The Balaban J connectivity index is 2.01. The maximum atomic E-state index is 12.6. The van der Waals surface area contributed by atoms with E-state index in [0.29, 0.717) is 37.6 Å². The number of halogens is 1. The molecule has 128 valence electrons. The van der Waals surface area contributed by atoms with Crippen molar-refractivity contribution in [1.29, 1.82) is 0 Å². The first-order valence-corrected chi connectivity index (χ1v) is 9.45. The molecule has 0 aromatic heterocycles. The van der Waals surface area contributed by atoms with Gasteiger partial charge in [-0.05, 0) is 29.7 Å². The summed E-state index contributed by atoms with van der Waals surface area (Å²) in [6, 6.07) is 6.15. The Hall–Kier alpha value is -1.11. The van der Waals surface area contributed by atoms with Crippen molar-refractivity contribution in [2.75, 3.05) is 26.2 Å². The lowest BCUT2D eigenvalue weighted by atomic mass is 9.91. The van der Waals surface area contributed by atoms with Crippen LogP contribution in [0, 0.1) is 5.41 Å². The van der Waals surface area contributed by atoms with Gasteiger partial charge in [0, 0.05) is 37.6 Å². The van der Waals surface area contributed by atoms with Gasteiger partial charge in [0.2, 0.25) is 15.9 Å². The molecular weight excluding hydrogens is 336 g/mol. The maximum Gasteiger partial charge on any atom is 0.243 e. The predicted octanol–water partition coefficient (Wildman–Crippen LogP) is 2.61. The smallest absolute Gasteiger partial charge is 0.243 e. The first-order chi connectivity index (χ1) is 10.6. The third-order valence-electron chi connectivity index (χ3n) is 3.72. The minimum Gasteiger partial charge on any atom is -0.340 e. The van der Waals surface area contributed by atoms with E-state index in [1.807, 2.05) is 20.8 Å². The minimum atomic E-state index is -3.53. The summed E-state index contributed by atoms with van der Waals surface area (Å²) in [6.07, 6.45) is 0.469. The van der Waals surface area contributed by atoms with Crippen LogP contribution in [-0.4, -0.2) is 49.7 Å². The van der Waals surface area contributed by atoms with Crippen LogP contribution in [0.25, 0.3) is 0 Å². The number of rotatable bonds is 3. The van der Waals surface area contributed by atoms with Crippen LogP contribution < -0.4 is 0 Å². The van der Waals surface area contributed by atoms with Gasteiger partial charge >= 0.3 is 0 Å². The summed E-state index contributed by atoms with van der Waals surface area (Å²) in [7, 11) is -3.53. The van der Waals surface area contributed by atoms with Gasteiger partial charge in [-0.1, -0.05) is 32.4 Å². The van der Waals surface area contributed by atoms with E-state index in [4.69, 9.17) is 11.6 Å². The molecule has 0 saturated carbocycles. The molecule has 23 heavy (non-hydrogen) atoms. The highest BCUT2D eigenvalue weighted by Gasteiger charge is 2.31. The monoisotopic (exact) mass is 358 g/mol. The van der Waals surface area contributed by atoms with Gasteiger partial charge in [0.15, 0.2) is 0 Å². The molecule has 1 amide bonds. The summed E-state index contributed by atoms with van der Waals surface area (Å²) < 4.78 is 26.6. The Morgan fingerprint density at radius 3 is 2.09 bits per heavy atom. The molecule has 1 aromatic carbocycles. The quantitative estimate of drug-likeness (QED) is 0.834. The van der Waals surface area contributed by atoms with Crippen molar-refractivity contribution in [3.8, 4) is 0 Å². The SMILES string of the molecule is CC(C)(C)CC(=O)N1CCN(S(=O)(=O)c2ccc(Cl)cc2)CC1. The molecule has 1 fully saturated rings. The average Bonchev–Trinajstić information content (AvgIpc) is 2.46. The number of hydrogen-bond acceptors (Lipinski definition) is 3. The first kappa shape index (κ1) is 18.2. The van der Waals surface area contributed by atoms with Crippen molar-refractivity contribution in [3.63, 3.8) is 0 Å². The van der Waals surface area contributed by atoms with Gasteiger partial charge in [-0.15, -0.1) is 0 Å². The van der Waals surface area contributed by atoms with Crippen LogP contribution in [-0.2, 0) is 14.8 Å². The van der Waals surface area contributed by atoms with Gasteiger partial charge in [-0.3, -0.25) is 4.79 Å². The average molecular weight is 359 g/mol.